The molecule has 0 rings (SSSR count). The van der Waals surface area contributed by atoms with Gasteiger partial charge < -0.3 is 0 Å². The van der Waals surface area contributed by atoms with Gasteiger partial charge in [0.05, 0.1) is 0 Å². The topological polar surface area (TPSA) is 68.3 Å². The molecule has 0 bridgehead atoms. The van der Waals surface area contributed by atoms with Gasteiger partial charge in [-0.3, -0.25) is 0 Å². The van der Waals surface area contributed by atoms with E-state index in [1.807, 2.05) is 0 Å². The fourth-order valence-corrected chi connectivity index (χ4v) is 1.22. The van der Waals surface area contributed by atoms with Crippen molar-refractivity contribution in [3.8, 4) is 0 Å². The number of carbonyl (C=O) groups is 4. The van der Waals surface area contributed by atoms with Crippen LogP contribution in [0.4, 0.5) is 0 Å². The molecule has 0 spiro atoms. The summed E-state index contributed by atoms with van der Waals surface area (Å²) in [5.41, 5.74) is 0. The van der Waals surface area contributed by atoms with Crippen molar-refractivity contribution >= 4 is 18.0 Å². The first kappa shape index (κ1) is 8.42. The maximum atomic E-state index is 9.92. The third-order valence-corrected chi connectivity index (χ3v) is 5.98. The van der Waals surface area contributed by atoms with Crippen molar-refractivity contribution in [3.63, 3.8) is 0 Å². The first-order valence-corrected chi connectivity index (χ1v) is 9.40. The van der Waals surface area contributed by atoms with Gasteiger partial charge in [-0.1, -0.05) is 0 Å². The third kappa shape index (κ3) is 1.67. The van der Waals surface area contributed by atoms with Crippen molar-refractivity contribution in [2.24, 2.45) is 0 Å². The van der Waals surface area contributed by atoms with E-state index in [-0.39, 0.29) is 18.0 Å². The summed E-state index contributed by atoms with van der Waals surface area (Å²) in [6.07, 6.45) is 0. The van der Waals surface area contributed by atoms with Gasteiger partial charge in [-0.15, -0.1) is 0 Å². The molecular formula is C4H4O4Ta. The van der Waals surface area contributed by atoms with Crippen LogP contribution >= 0.6 is 0 Å². The molecule has 0 aliphatic heterocycles. The second kappa shape index (κ2) is 3.45. The Morgan fingerprint density at radius 3 is 0.889 bits per heavy atom. The molecule has 0 aromatic carbocycles. The van der Waals surface area contributed by atoms with Gasteiger partial charge in [-0.25, -0.2) is 0 Å². The molecule has 9 heavy (non-hydrogen) atoms. The summed E-state index contributed by atoms with van der Waals surface area (Å²) >= 11 is -4.16. The van der Waals surface area contributed by atoms with Gasteiger partial charge in [0.15, 0.2) is 0 Å². The molecular weight excluding hydrogens is 293 g/mol. The van der Waals surface area contributed by atoms with E-state index in [0.29, 0.717) is 0 Å². The molecule has 0 heterocycles. The second-order valence-electron chi connectivity index (χ2n) is 1.32. The number of hydrogen-bond acceptors (Lipinski definition) is 4. The van der Waals surface area contributed by atoms with Gasteiger partial charge in [0, 0.05) is 0 Å². The van der Waals surface area contributed by atoms with E-state index >= 15 is 0 Å². The normalized spacial score (nSPS) is 9.78. The van der Waals surface area contributed by atoms with Crippen LogP contribution in [0.25, 0.3) is 0 Å². The van der Waals surface area contributed by atoms with Crippen LogP contribution in [-0.2, 0) is 36.3 Å². The Bertz CT molecular complexity index is 115. The summed E-state index contributed by atoms with van der Waals surface area (Å²) in [6.45, 7) is 0. The molecule has 0 aromatic heterocycles. The Morgan fingerprint density at radius 2 is 0.889 bits per heavy atom. The van der Waals surface area contributed by atoms with E-state index in [1.165, 1.54) is 0 Å². The predicted octanol–water partition coefficient (Wildman–Crippen LogP) is -1.10. The van der Waals surface area contributed by atoms with E-state index in [4.69, 9.17) is 0 Å². The molecule has 0 aliphatic carbocycles. The van der Waals surface area contributed by atoms with E-state index in [1.54, 1.807) is 0 Å². The van der Waals surface area contributed by atoms with Crippen molar-refractivity contribution in [2.75, 3.05) is 0 Å². The Hall–Kier alpha value is -0.580. The van der Waals surface area contributed by atoms with Gasteiger partial charge in [0.1, 0.15) is 0 Å². The molecule has 0 aromatic rings. The zero-order valence-electron chi connectivity index (χ0n) is 4.39. The monoisotopic (exact) mass is 297 g/mol. The molecule has 0 fully saturated rings. The molecule has 0 amide bonds. The van der Waals surface area contributed by atoms with Crippen molar-refractivity contribution in [2.45, 2.75) is 0 Å². The molecule has 0 saturated carbocycles. The van der Waals surface area contributed by atoms with Crippen molar-refractivity contribution in [1.82, 2.24) is 0 Å². The molecule has 0 saturated heterocycles. The summed E-state index contributed by atoms with van der Waals surface area (Å²) in [4.78, 5) is 39.7. The summed E-state index contributed by atoms with van der Waals surface area (Å²) in [5, 5.41) is 0. The quantitative estimate of drug-likeness (QED) is 0.618. The van der Waals surface area contributed by atoms with Crippen LogP contribution in [0, 0.1) is 0 Å². The summed E-state index contributed by atoms with van der Waals surface area (Å²) in [7, 11) is 0. The van der Waals surface area contributed by atoms with Gasteiger partial charge in [-0.2, -0.15) is 0 Å². The van der Waals surface area contributed by atoms with Gasteiger partial charge in [0.2, 0.25) is 0 Å². The molecule has 49 valence electrons. The molecule has 0 N–H and O–H groups in total. The third-order valence-electron chi connectivity index (χ3n) is 0.730. The summed E-state index contributed by atoms with van der Waals surface area (Å²) in [6, 6.07) is 0. The number of rotatable bonds is 4. The fourth-order valence-electron chi connectivity index (χ4n) is 0.149. The predicted molar refractivity (Wildman–Crippen MR) is 27.0 cm³/mol. The maximum absolute atomic E-state index is 9.92. The zero-order chi connectivity index (χ0) is 7.33. The minimum atomic E-state index is -4.16. The average molecular weight is 297 g/mol. The van der Waals surface area contributed by atoms with Crippen LogP contribution in [-0.4, -0.2) is 18.0 Å². The van der Waals surface area contributed by atoms with E-state index in [0.717, 1.165) is 0 Å². The standard InChI is InChI=1S/4CHO.Ta/c4*1-2;/h4*1H;. The molecule has 4 nitrogen and oxygen atoms in total. The summed E-state index contributed by atoms with van der Waals surface area (Å²) < 4.78 is 0.861. The minimum absolute atomic E-state index is 0.215. The van der Waals surface area contributed by atoms with Crippen molar-refractivity contribution < 1.29 is 36.3 Å². The number of carbonyl (C=O) groups excluding carboxylic acids is 4. The first-order valence-electron chi connectivity index (χ1n) is 1.98. The SMILES string of the molecule is O=[CH][Ta]([CH]=O)([CH]=O)[CH]=O. The Balaban J connectivity index is 4.53. The average Bonchev–Trinajstić information content (AvgIpc) is 1.95. The molecule has 0 unspecified atom stereocenters. The first-order chi connectivity index (χ1) is 4.24. The Kier molecular flexibility index (Phi) is 3.22. The van der Waals surface area contributed by atoms with Gasteiger partial charge in [-0.05, 0) is 0 Å². The van der Waals surface area contributed by atoms with Crippen molar-refractivity contribution in [3.05, 3.63) is 0 Å². The van der Waals surface area contributed by atoms with Crippen LogP contribution < -0.4 is 0 Å². The van der Waals surface area contributed by atoms with E-state index in [2.05, 4.69) is 0 Å². The van der Waals surface area contributed by atoms with Crippen LogP contribution in [0.2, 0.25) is 0 Å². The van der Waals surface area contributed by atoms with E-state index in [9.17, 15) is 19.2 Å². The van der Waals surface area contributed by atoms with Gasteiger partial charge in [0.25, 0.3) is 0 Å². The van der Waals surface area contributed by atoms with Crippen LogP contribution in [0.3, 0.4) is 0 Å². The second-order valence-corrected chi connectivity index (χ2v) is 10.8. The molecule has 0 aliphatic rings. The Labute approximate surface area is 54.7 Å². The summed E-state index contributed by atoms with van der Waals surface area (Å²) in [5.74, 6) is 0. The molecule has 5 heteroatoms. The number of hydrogen-bond donors (Lipinski definition) is 0. The molecule has 0 radical (unpaired) electrons. The van der Waals surface area contributed by atoms with Gasteiger partial charge >= 0.3 is 54.3 Å². The zero-order valence-corrected chi connectivity index (χ0v) is 7.60. The Morgan fingerprint density at radius 1 is 0.667 bits per heavy atom. The van der Waals surface area contributed by atoms with Crippen LogP contribution in [0.5, 0.6) is 0 Å². The van der Waals surface area contributed by atoms with Crippen molar-refractivity contribution in [1.29, 1.82) is 0 Å². The van der Waals surface area contributed by atoms with E-state index < -0.39 is 17.1 Å². The molecule has 0 atom stereocenters. The van der Waals surface area contributed by atoms with Crippen LogP contribution in [0.15, 0.2) is 0 Å². The van der Waals surface area contributed by atoms with Crippen LogP contribution in [0.1, 0.15) is 0 Å². The fraction of sp³-hybridized carbons (Fsp3) is 0.